The van der Waals surface area contributed by atoms with Crippen LogP contribution >= 0.6 is 0 Å². The topological polar surface area (TPSA) is 44.3 Å². The van der Waals surface area contributed by atoms with Gasteiger partial charge in [-0.25, -0.2) is 9.97 Å². The molecule has 2 heterocycles. The van der Waals surface area contributed by atoms with E-state index in [-0.39, 0.29) is 0 Å². The van der Waals surface area contributed by atoms with E-state index in [1.54, 1.807) is 0 Å². The van der Waals surface area contributed by atoms with E-state index in [0.29, 0.717) is 12.0 Å². The van der Waals surface area contributed by atoms with Gasteiger partial charge in [0.25, 0.3) is 0 Å². The molecule has 1 fully saturated rings. The maximum Gasteiger partial charge on any atom is 0.135 e. The summed E-state index contributed by atoms with van der Waals surface area (Å²) < 4.78 is 0. The standard InChI is InChI=1S/C15H27N5/c1-11(2)15-17-13(16-3)10-14(18-15)20(5)12-6-8-19(4)9-7-12/h10-12H,6-9H2,1-5H3,(H,16,17,18). The third-order valence-electron chi connectivity index (χ3n) is 4.10. The van der Waals surface area contributed by atoms with Crippen molar-refractivity contribution in [3.63, 3.8) is 0 Å². The smallest absolute Gasteiger partial charge is 0.135 e. The SMILES string of the molecule is CNc1cc(N(C)C2CCN(C)CC2)nc(C(C)C)n1. The van der Waals surface area contributed by atoms with Crippen molar-refractivity contribution in [2.75, 3.05) is 44.4 Å². The van der Waals surface area contributed by atoms with Gasteiger partial charge in [0.2, 0.25) is 0 Å². The van der Waals surface area contributed by atoms with E-state index in [0.717, 1.165) is 30.5 Å². The van der Waals surface area contributed by atoms with Crippen LogP contribution < -0.4 is 10.2 Å². The number of aromatic nitrogens is 2. The molecule has 20 heavy (non-hydrogen) atoms. The van der Waals surface area contributed by atoms with Crippen LogP contribution in [0.4, 0.5) is 11.6 Å². The fourth-order valence-corrected chi connectivity index (χ4v) is 2.59. The Morgan fingerprint density at radius 3 is 2.50 bits per heavy atom. The first kappa shape index (κ1) is 15.0. The second-order valence-electron chi connectivity index (χ2n) is 6.02. The molecule has 1 N–H and O–H groups in total. The van der Waals surface area contributed by atoms with Crippen molar-refractivity contribution < 1.29 is 0 Å². The summed E-state index contributed by atoms with van der Waals surface area (Å²) in [6.45, 7) is 6.59. The Hall–Kier alpha value is -1.36. The fourth-order valence-electron chi connectivity index (χ4n) is 2.59. The molecule has 0 aromatic carbocycles. The van der Waals surface area contributed by atoms with Gasteiger partial charge in [-0.1, -0.05) is 13.8 Å². The maximum absolute atomic E-state index is 4.74. The van der Waals surface area contributed by atoms with Crippen LogP contribution in [0, 0.1) is 0 Å². The summed E-state index contributed by atoms with van der Waals surface area (Å²) in [5.41, 5.74) is 0. The van der Waals surface area contributed by atoms with Crippen LogP contribution in [0.25, 0.3) is 0 Å². The molecule has 0 amide bonds. The highest BCUT2D eigenvalue weighted by Gasteiger charge is 2.22. The maximum atomic E-state index is 4.74. The first-order valence-corrected chi connectivity index (χ1v) is 7.49. The summed E-state index contributed by atoms with van der Waals surface area (Å²) in [4.78, 5) is 14.0. The molecule has 0 spiro atoms. The molecule has 0 aliphatic carbocycles. The number of likely N-dealkylation sites (tertiary alicyclic amines) is 1. The monoisotopic (exact) mass is 277 g/mol. The lowest BCUT2D eigenvalue weighted by Crippen LogP contribution is -2.42. The van der Waals surface area contributed by atoms with Gasteiger partial charge in [0.1, 0.15) is 17.5 Å². The van der Waals surface area contributed by atoms with Gasteiger partial charge in [-0.15, -0.1) is 0 Å². The molecular formula is C15H27N5. The van der Waals surface area contributed by atoms with Gasteiger partial charge in [-0.3, -0.25) is 0 Å². The van der Waals surface area contributed by atoms with E-state index >= 15 is 0 Å². The largest absolute Gasteiger partial charge is 0.373 e. The molecule has 0 atom stereocenters. The first-order valence-electron chi connectivity index (χ1n) is 7.49. The quantitative estimate of drug-likeness (QED) is 0.914. The van der Waals surface area contributed by atoms with Crippen molar-refractivity contribution in [3.8, 4) is 0 Å². The Bertz CT molecular complexity index is 438. The number of piperidine rings is 1. The molecule has 1 aliphatic heterocycles. The molecule has 1 aromatic rings. The van der Waals surface area contributed by atoms with E-state index in [2.05, 4.69) is 48.0 Å². The second kappa shape index (κ2) is 6.39. The highest BCUT2D eigenvalue weighted by Crippen LogP contribution is 2.23. The number of nitrogens with one attached hydrogen (secondary N) is 1. The number of anilines is 2. The Labute approximate surface area is 122 Å². The lowest BCUT2D eigenvalue weighted by Gasteiger charge is -2.36. The highest BCUT2D eigenvalue weighted by molar-refractivity contribution is 5.49. The zero-order valence-corrected chi connectivity index (χ0v) is 13.3. The van der Waals surface area contributed by atoms with Gasteiger partial charge in [-0.2, -0.15) is 0 Å². The van der Waals surface area contributed by atoms with Gasteiger partial charge >= 0.3 is 0 Å². The van der Waals surface area contributed by atoms with Crippen LogP contribution in [0.2, 0.25) is 0 Å². The molecule has 5 heteroatoms. The summed E-state index contributed by atoms with van der Waals surface area (Å²) in [6.07, 6.45) is 2.39. The van der Waals surface area contributed by atoms with Crippen LogP contribution in [0.1, 0.15) is 38.4 Å². The molecule has 1 saturated heterocycles. The van der Waals surface area contributed by atoms with Crippen molar-refractivity contribution in [1.29, 1.82) is 0 Å². The first-order chi connectivity index (χ1) is 9.51. The van der Waals surface area contributed by atoms with Crippen molar-refractivity contribution in [1.82, 2.24) is 14.9 Å². The highest BCUT2D eigenvalue weighted by atomic mass is 15.2. The van der Waals surface area contributed by atoms with Crippen molar-refractivity contribution in [2.24, 2.45) is 0 Å². The molecule has 0 bridgehead atoms. The zero-order valence-electron chi connectivity index (χ0n) is 13.3. The Balaban J connectivity index is 2.20. The number of hydrogen-bond acceptors (Lipinski definition) is 5. The number of hydrogen-bond donors (Lipinski definition) is 1. The fraction of sp³-hybridized carbons (Fsp3) is 0.733. The molecular weight excluding hydrogens is 250 g/mol. The average Bonchev–Trinajstić information content (AvgIpc) is 2.46. The Kier molecular flexibility index (Phi) is 4.81. The van der Waals surface area contributed by atoms with E-state index in [1.165, 1.54) is 12.8 Å². The molecule has 0 unspecified atom stereocenters. The minimum Gasteiger partial charge on any atom is -0.373 e. The molecule has 1 aromatic heterocycles. The van der Waals surface area contributed by atoms with Gasteiger partial charge in [0, 0.05) is 32.1 Å². The van der Waals surface area contributed by atoms with E-state index < -0.39 is 0 Å². The van der Waals surface area contributed by atoms with Gasteiger partial charge in [-0.05, 0) is 33.0 Å². The van der Waals surface area contributed by atoms with Gasteiger partial charge < -0.3 is 15.1 Å². The van der Waals surface area contributed by atoms with Gasteiger partial charge in [0.05, 0.1) is 0 Å². The second-order valence-corrected chi connectivity index (χ2v) is 6.02. The molecule has 1 aliphatic rings. The minimum atomic E-state index is 0.341. The third-order valence-corrected chi connectivity index (χ3v) is 4.10. The van der Waals surface area contributed by atoms with Crippen LogP contribution in [-0.4, -0.2) is 55.1 Å². The summed E-state index contributed by atoms with van der Waals surface area (Å²) in [5, 5.41) is 3.14. The predicted octanol–water partition coefficient (Wildman–Crippen LogP) is 2.17. The summed E-state index contributed by atoms with van der Waals surface area (Å²) in [7, 11) is 6.25. The molecule has 0 saturated carbocycles. The molecule has 5 nitrogen and oxygen atoms in total. The Morgan fingerprint density at radius 2 is 1.95 bits per heavy atom. The van der Waals surface area contributed by atoms with Crippen molar-refractivity contribution in [3.05, 3.63) is 11.9 Å². The average molecular weight is 277 g/mol. The summed E-state index contributed by atoms with van der Waals surface area (Å²) >= 11 is 0. The molecule has 0 radical (unpaired) electrons. The minimum absolute atomic E-state index is 0.341. The lowest BCUT2D eigenvalue weighted by atomic mass is 10.0. The number of nitrogens with zero attached hydrogens (tertiary/aromatic N) is 4. The summed E-state index contributed by atoms with van der Waals surface area (Å²) in [5.74, 6) is 3.18. The van der Waals surface area contributed by atoms with E-state index in [4.69, 9.17) is 4.98 Å². The van der Waals surface area contributed by atoms with E-state index in [9.17, 15) is 0 Å². The summed E-state index contributed by atoms with van der Waals surface area (Å²) in [6, 6.07) is 2.62. The zero-order chi connectivity index (χ0) is 14.7. The Morgan fingerprint density at radius 1 is 1.30 bits per heavy atom. The van der Waals surface area contributed by atoms with Crippen LogP contribution in [0.5, 0.6) is 0 Å². The normalized spacial score (nSPS) is 17.5. The van der Waals surface area contributed by atoms with Crippen molar-refractivity contribution in [2.45, 2.75) is 38.6 Å². The molecule has 112 valence electrons. The van der Waals surface area contributed by atoms with E-state index in [1.807, 2.05) is 13.1 Å². The third kappa shape index (κ3) is 3.39. The molecule has 2 rings (SSSR count). The predicted molar refractivity (Wildman–Crippen MR) is 84.6 cm³/mol. The van der Waals surface area contributed by atoms with Crippen LogP contribution in [-0.2, 0) is 0 Å². The van der Waals surface area contributed by atoms with Gasteiger partial charge in [0.15, 0.2) is 0 Å². The number of rotatable bonds is 4. The van der Waals surface area contributed by atoms with Crippen LogP contribution in [0.3, 0.4) is 0 Å². The lowest BCUT2D eigenvalue weighted by molar-refractivity contribution is 0.252. The van der Waals surface area contributed by atoms with Crippen molar-refractivity contribution >= 4 is 11.6 Å². The van der Waals surface area contributed by atoms with Crippen LogP contribution in [0.15, 0.2) is 6.07 Å².